The minimum Gasteiger partial charge on any atom is -0.331 e. The molecule has 0 N–H and O–H groups in total. The van der Waals surface area contributed by atoms with E-state index in [4.69, 9.17) is 4.98 Å². The highest BCUT2D eigenvalue weighted by Crippen LogP contribution is 2.41. The molecule has 1 atom stereocenters. The van der Waals surface area contributed by atoms with Crippen molar-refractivity contribution in [2.24, 2.45) is 5.92 Å². The molecule has 3 rings (SSSR count). The van der Waals surface area contributed by atoms with Crippen molar-refractivity contribution in [3.8, 4) is 0 Å². The standard InChI is InChI=1S/C13H18N2O/c1-9-2-5-12-11(6-7-16)14-13(10-3-4-10)15(12)8-9/h7,9-10H,2-6,8H2,1H3. The van der Waals surface area contributed by atoms with E-state index in [9.17, 15) is 4.79 Å². The molecule has 0 saturated heterocycles. The van der Waals surface area contributed by atoms with Crippen molar-refractivity contribution in [2.75, 3.05) is 0 Å². The molecule has 2 aliphatic rings. The number of nitrogens with zero attached hydrogens (tertiary/aromatic N) is 2. The Morgan fingerprint density at radius 1 is 1.44 bits per heavy atom. The van der Waals surface area contributed by atoms with Crippen LogP contribution in [0, 0.1) is 5.92 Å². The minimum atomic E-state index is 0.496. The molecule has 1 aromatic rings. The molecule has 1 saturated carbocycles. The summed E-state index contributed by atoms with van der Waals surface area (Å²) in [6, 6.07) is 0. The number of hydrogen-bond acceptors (Lipinski definition) is 2. The molecule has 16 heavy (non-hydrogen) atoms. The van der Waals surface area contributed by atoms with Crippen LogP contribution in [0.15, 0.2) is 0 Å². The first kappa shape index (κ1) is 10.1. The lowest BCUT2D eigenvalue weighted by Crippen LogP contribution is -2.19. The quantitative estimate of drug-likeness (QED) is 0.728. The summed E-state index contributed by atoms with van der Waals surface area (Å²) in [5, 5.41) is 0. The Morgan fingerprint density at radius 2 is 2.25 bits per heavy atom. The highest BCUT2D eigenvalue weighted by atomic mass is 16.1. The summed E-state index contributed by atoms with van der Waals surface area (Å²) in [4.78, 5) is 15.4. The predicted molar refractivity (Wildman–Crippen MR) is 61.5 cm³/mol. The summed E-state index contributed by atoms with van der Waals surface area (Å²) in [6.45, 7) is 3.41. The smallest absolute Gasteiger partial charge is 0.126 e. The first-order valence-electron chi connectivity index (χ1n) is 6.31. The molecule has 1 fully saturated rings. The maximum atomic E-state index is 10.7. The van der Waals surface area contributed by atoms with Crippen LogP contribution in [0.1, 0.15) is 49.3 Å². The van der Waals surface area contributed by atoms with Gasteiger partial charge < -0.3 is 9.36 Å². The Kier molecular flexibility index (Phi) is 2.34. The van der Waals surface area contributed by atoms with Gasteiger partial charge in [-0.3, -0.25) is 0 Å². The van der Waals surface area contributed by atoms with E-state index in [0.29, 0.717) is 12.3 Å². The van der Waals surface area contributed by atoms with Crippen molar-refractivity contribution in [3.63, 3.8) is 0 Å². The van der Waals surface area contributed by atoms with Crippen molar-refractivity contribution in [1.82, 2.24) is 9.55 Å². The molecule has 0 bridgehead atoms. The average molecular weight is 218 g/mol. The number of fused-ring (bicyclic) bond motifs is 1. The number of hydrogen-bond donors (Lipinski definition) is 0. The summed E-state index contributed by atoms with van der Waals surface area (Å²) in [5.41, 5.74) is 2.39. The monoisotopic (exact) mass is 218 g/mol. The second kappa shape index (κ2) is 3.72. The van der Waals surface area contributed by atoms with Crippen LogP contribution < -0.4 is 0 Å². The van der Waals surface area contributed by atoms with Crippen molar-refractivity contribution < 1.29 is 4.79 Å². The van der Waals surface area contributed by atoms with Gasteiger partial charge in [-0.05, 0) is 31.6 Å². The van der Waals surface area contributed by atoms with Gasteiger partial charge in [0.2, 0.25) is 0 Å². The fraction of sp³-hybridized carbons (Fsp3) is 0.692. The van der Waals surface area contributed by atoms with Crippen molar-refractivity contribution in [2.45, 2.75) is 51.5 Å². The summed E-state index contributed by atoms with van der Waals surface area (Å²) >= 11 is 0. The van der Waals surface area contributed by atoms with Crippen LogP contribution in [0.3, 0.4) is 0 Å². The van der Waals surface area contributed by atoms with Crippen LogP contribution >= 0.6 is 0 Å². The molecule has 1 aliphatic heterocycles. The molecular weight excluding hydrogens is 200 g/mol. The van der Waals surface area contributed by atoms with E-state index >= 15 is 0 Å². The van der Waals surface area contributed by atoms with E-state index < -0.39 is 0 Å². The molecule has 86 valence electrons. The maximum Gasteiger partial charge on any atom is 0.126 e. The van der Waals surface area contributed by atoms with Gasteiger partial charge in [0.05, 0.1) is 5.69 Å². The molecular formula is C13H18N2O. The van der Waals surface area contributed by atoms with Gasteiger partial charge in [-0.1, -0.05) is 6.92 Å². The number of carbonyl (C=O) groups is 1. The Balaban J connectivity index is 2.02. The third-order valence-corrected chi connectivity index (χ3v) is 3.77. The molecule has 0 spiro atoms. The molecule has 0 aromatic carbocycles. The van der Waals surface area contributed by atoms with E-state index in [1.165, 1.54) is 30.8 Å². The molecule has 1 aromatic heterocycles. The third-order valence-electron chi connectivity index (χ3n) is 3.77. The minimum absolute atomic E-state index is 0.496. The summed E-state index contributed by atoms with van der Waals surface area (Å²) in [5.74, 6) is 2.70. The van der Waals surface area contributed by atoms with Gasteiger partial charge in [-0.2, -0.15) is 0 Å². The Labute approximate surface area is 95.9 Å². The number of rotatable bonds is 3. The zero-order chi connectivity index (χ0) is 11.1. The zero-order valence-corrected chi connectivity index (χ0v) is 9.78. The second-order valence-electron chi connectivity index (χ2n) is 5.26. The Morgan fingerprint density at radius 3 is 2.94 bits per heavy atom. The Hall–Kier alpha value is -1.12. The van der Waals surface area contributed by atoms with Crippen LogP contribution in [0.4, 0.5) is 0 Å². The molecule has 1 unspecified atom stereocenters. The van der Waals surface area contributed by atoms with Gasteiger partial charge in [0.1, 0.15) is 12.1 Å². The first-order valence-corrected chi connectivity index (χ1v) is 6.31. The lowest BCUT2D eigenvalue weighted by atomic mass is 9.98. The highest BCUT2D eigenvalue weighted by molar-refractivity contribution is 5.54. The number of aldehydes is 1. The van der Waals surface area contributed by atoms with Gasteiger partial charge in [0.25, 0.3) is 0 Å². The van der Waals surface area contributed by atoms with Gasteiger partial charge in [-0.25, -0.2) is 4.98 Å². The Bertz CT molecular complexity index is 418. The van der Waals surface area contributed by atoms with E-state index in [2.05, 4.69) is 11.5 Å². The third kappa shape index (κ3) is 1.58. The summed E-state index contributed by atoms with van der Waals surface area (Å²) in [7, 11) is 0. The fourth-order valence-electron chi connectivity index (χ4n) is 2.72. The zero-order valence-electron chi connectivity index (χ0n) is 9.78. The van der Waals surface area contributed by atoms with Crippen molar-refractivity contribution in [1.29, 1.82) is 0 Å². The van der Waals surface area contributed by atoms with Gasteiger partial charge in [0, 0.05) is 24.6 Å². The predicted octanol–water partition coefficient (Wildman–Crippen LogP) is 2.08. The SMILES string of the molecule is CC1CCc2c(CC=O)nc(C3CC3)n2C1. The second-order valence-corrected chi connectivity index (χ2v) is 5.26. The normalized spacial score (nSPS) is 24.2. The van der Waals surface area contributed by atoms with E-state index in [1.54, 1.807) is 0 Å². The lowest BCUT2D eigenvalue weighted by molar-refractivity contribution is -0.107. The van der Waals surface area contributed by atoms with Gasteiger partial charge >= 0.3 is 0 Å². The molecule has 2 heterocycles. The molecule has 3 heteroatoms. The topological polar surface area (TPSA) is 34.9 Å². The number of aromatic nitrogens is 2. The average Bonchev–Trinajstić information content (AvgIpc) is 3.04. The highest BCUT2D eigenvalue weighted by Gasteiger charge is 2.32. The van der Waals surface area contributed by atoms with E-state index in [1.807, 2.05) is 0 Å². The van der Waals surface area contributed by atoms with Crippen LogP contribution in [0.25, 0.3) is 0 Å². The molecule has 1 aliphatic carbocycles. The largest absolute Gasteiger partial charge is 0.331 e. The van der Waals surface area contributed by atoms with Gasteiger partial charge in [0.15, 0.2) is 0 Å². The van der Waals surface area contributed by atoms with E-state index in [0.717, 1.165) is 30.9 Å². The van der Waals surface area contributed by atoms with Crippen LogP contribution in [0.5, 0.6) is 0 Å². The van der Waals surface area contributed by atoms with Crippen molar-refractivity contribution in [3.05, 3.63) is 17.2 Å². The number of imidazole rings is 1. The van der Waals surface area contributed by atoms with Crippen LogP contribution in [0.2, 0.25) is 0 Å². The van der Waals surface area contributed by atoms with E-state index in [-0.39, 0.29) is 0 Å². The molecule has 3 nitrogen and oxygen atoms in total. The molecule has 0 amide bonds. The van der Waals surface area contributed by atoms with Crippen LogP contribution in [-0.2, 0) is 24.2 Å². The summed E-state index contributed by atoms with van der Waals surface area (Å²) in [6.07, 6.45) is 6.39. The number of carbonyl (C=O) groups excluding carboxylic acids is 1. The van der Waals surface area contributed by atoms with Crippen molar-refractivity contribution >= 4 is 6.29 Å². The first-order chi connectivity index (χ1) is 7.79. The summed E-state index contributed by atoms with van der Waals surface area (Å²) < 4.78 is 2.41. The fourth-order valence-corrected chi connectivity index (χ4v) is 2.72. The lowest BCUT2D eigenvalue weighted by Gasteiger charge is -2.23. The maximum absolute atomic E-state index is 10.7. The van der Waals surface area contributed by atoms with Crippen LogP contribution in [-0.4, -0.2) is 15.8 Å². The molecule has 0 radical (unpaired) electrons. The van der Waals surface area contributed by atoms with Gasteiger partial charge in [-0.15, -0.1) is 0 Å².